The van der Waals surface area contributed by atoms with Crippen molar-refractivity contribution in [1.29, 1.82) is 0 Å². The maximum atomic E-state index is 11.8. The van der Waals surface area contributed by atoms with E-state index in [4.69, 9.17) is 5.11 Å². The van der Waals surface area contributed by atoms with E-state index in [0.717, 1.165) is 21.1 Å². The normalized spacial score (nSPS) is 13.1. The smallest absolute Gasteiger partial charge is 0.318 e. The van der Waals surface area contributed by atoms with Gasteiger partial charge in [0, 0.05) is 23.0 Å². The molecule has 0 saturated carbocycles. The summed E-state index contributed by atoms with van der Waals surface area (Å²) in [7, 11) is -1.76. The number of aliphatic carboxylic acids is 1. The van der Waals surface area contributed by atoms with Crippen molar-refractivity contribution in [3.05, 3.63) is 40.4 Å². The number of benzene rings is 1. The Morgan fingerprint density at radius 3 is 2.46 bits per heavy atom. The molecule has 0 radical (unpaired) electrons. The molecule has 142 valence electrons. The molecule has 2 aromatic rings. The van der Waals surface area contributed by atoms with Gasteiger partial charge >= 0.3 is 5.97 Å². The highest BCUT2D eigenvalue weighted by Crippen LogP contribution is 2.33. The number of thiazole rings is 1. The number of carboxylic acids is 1. The monoisotopic (exact) mass is 396 g/mol. The molecule has 1 heterocycles. The summed E-state index contributed by atoms with van der Waals surface area (Å²) >= 11 is 1.60. The van der Waals surface area contributed by atoms with Crippen molar-refractivity contribution in [3.63, 3.8) is 0 Å². The first-order valence-corrected chi connectivity index (χ1v) is 10.9. The maximum Gasteiger partial charge on any atom is 0.318 e. The van der Waals surface area contributed by atoms with E-state index in [-0.39, 0.29) is 18.3 Å². The van der Waals surface area contributed by atoms with Gasteiger partial charge in [0.1, 0.15) is 10.8 Å². The van der Waals surface area contributed by atoms with Crippen molar-refractivity contribution < 1.29 is 18.3 Å². The van der Waals surface area contributed by atoms with Crippen LogP contribution in [0.25, 0.3) is 10.6 Å². The molecule has 8 heteroatoms. The molecule has 1 N–H and O–H groups in total. The minimum Gasteiger partial charge on any atom is -0.480 e. The van der Waals surface area contributed by atoms with E-state index in [9.17, 15) is 13.2 Å². The summed E-state index contributed by atoms with van der Waals surface area (Å²) in [5, 5.41) is 9.61. The average molecular weight is 397 g/mol. The van der Waals surface area contributed by atoms with Gasteiger partial charge in [-0.3, -0.25) is 9.69 Å². The van der Waals surface area contributed by atoms with Crippen LogP contribution in [-0.2, 0) is 14.6 Å². The summed E-state index contributed by atoms with van der Waals surface area (Å²) in [6, 6.07) is 8.18. The van der Waals surface area contributed by atoms with Gasteiger partial charge in [0.25, 0.3) is 0 Å². The molecule has 0 aliphatic rings. The Morgan fingerprint density at radius 1 is 1.27 bits per heavy atom. The first-order valence-electron chi connectivity index (χ1n) is 8.26. The number of sulfone groups is 1. The van der Waals surface area contributed by atoms with Crippen LogP contribution in [0.2, 0.25) is 0 Å². The summed E-state index contributed by atoms with van der Waals surface area (Å²) in [4.78, 5) is 18.3. The van der Waals surface area contributed by atoms with Crippen LogP contribution in [0.5, 0.6) is 0 Å². The standard InChI is InChI=1S/C18H24N2O4S2/c1-12-5-7-15(8-6-12)18-19-13(2)17(25-18)14(3)20(4)9-10-26(23,24)11-16(21)22/h5-8,14H,9-11H2,1-4H3,(H,21,22). The van der Waals surface area contributed by atoms with Gasteiger partial charge in [-0.25, -0.2) is 13.4 Å². The third kappa shape index (κ3) is 5.36. The highest BCUT2D eigenvalue weighted by molar-refractivity contribution is 7.92. The van der Waals surface area contributed by atoms with Gasteiger partial charge in [0.05, 0.1) is 11.4 Å². The van der Waals surface area contributed by atoms with Crippen LogP contribution < -0.4 is 0 Å². The fourth-order valence-electron chi connectivity index (χ4n) is 2.55. The summed E-state index contributed by atoms with van der Waals surface area (Å²) in [5.41, 5.74) is 3.19. The van der Waals surface area contributed by atoms with Crippen LogP contribution in [0, 0.1) is 13.8 Å². The summed E-state index contributed by atoms with van der Waals surface area (Å²) in [6.07, 6.45) is 0. The first-order chi connectivity index (χ1) is 12.1. The van der Waals surface area contributed by atoms with Gasteiger partial charge in [-0.05, 0) is 27.8 Å². The van der Waals surface area contributed by atoms with Gasteiger partial charge in [-0.1, -0.05) is 29.8 Å². The Kier molecular flexibility index (Phi) is 6.54. The number of aryl methyl sites for hydroxylation is 2. The van der Waals surface area contributed by atoms with Crippen molar-refractivity contribution in [3.8, 4) is 10.6 Å². The van der Waals surface area contributed by atoms with Crippen molar-refractivity contribution in [2.45, 2.75) is 26.8 Å². The molecule has 26 heavy (non-hydrogen) atoms. The van der Waals surface area contributed by atoms with Crippen LogP contribution in [0.1, 0.15) is 29.1 Å². The molecule has 0 saturated heterocycles. The lowest BCUT2D eigenvalue weighted by atomic mass is 10.2. The van der Waals surface area contributed by atoms with Crippen molar-refractivity contribution in [1.82, 2.24) is 9.88 Å². The molecule has 0 aliphatic carbocycles. The largest absolute Gasteiger partial charge is 0.480 e. The second-order valence-corrected chi connectivity index (χ2v) is 9.69. The van der Waals surface area contributed by atoms with E-state index in [1.54, 1.807) is 11.3 Å². The van der Waals surface area contributed by atoms with E-state index in [2.05, 4.69) is 17.1 Å². The number of nitrogens with zero attached hydrogens (tertiary/aromatic N) is 2. The summed E-state index contributed by atoms with van der Waals surface area (Å²) in [6.45, 7) is 6.27. The highest BCUT2D eigenvalue weighted by atomic mass is 32.2. The number of aromatic nitrogens is 1. The van der Waals surface area contributed by atoms with Gasteiger partial charge < -0.3 is 5.11 Å². The Morgan fingerprint density at radius 2 is 1.88 bits per heavy atom. The number of hydrogen-bond acceptors (Lipinski definition) is 6. The van der Waals surface area contributed by atoms with Gasteiger partial charge in [0.15, 0.2) is 9.84 Å². The lowest BCUT2D eigenvalue weighted by Crippen LogP contribution is -2.30. The zero-order valence-electron chi connectivity index (χ0n) is 15.4. The first kappa shape index (κ1) is 20.5. The quantitative estimate of drug-likeness (QED) is 0.738. The van der Waals surface area contributed by atoms with Gasteiger partial charge in [-0.15, -0.1) is 11.3 Å². The topological polar surface area (TPSA) is 87.6 Å². The predicted molar refractivity (Wildman–Crippen MR) is 104 cm³/mol. The molecule has 0 spiro atoms. The fraction of sp³-hybridized carbons (Fsp3) is 0.444. The molecular formula is C18H24N2O4S2. The van der Waals surface area contributed by atoms with Crippen LogP contribution in [0.3, 0.4) is 0 Å². The number of carbonyl (C=O) groups is 1. The molecule has 0 fully saturated rings. The van der Waals surface area contributed by atoms with E-state index in [1.165, 1.54) is 5.56 Å². The average Bonchev–Trinajstić information content (AvgIpc) is 2.93. The van der Waals surface area contributed by atoms with Crippen molar-refractivity contribution in [2.24, 2.45) is 0 Å². The minimum atomic E-state index is -3.60. The SMILES string of the molecule is Cc1ccc(-c2nc(C)c(C(C)N(C)CCS(=O)(=O)CC(=O)O)s2)cc1. The number of rotatable bonds is 8. The molecule has 2 rings (SSSR count). The molecule has 0 amide bonds. The molecule has 1 atom stereocenters. The lowest BCUT2D eigenvalue weighted by Gasteiger charge is -2.23. The molecule has 1 aromatic carbocycles. The van der Waals surface area contributed by atoms with Crippen LogP contribution >= 0.6 is 11.3 Å². The molecule has 0 aliphatic heterocycles. The second kappa shape index (κ2) is 8.28. The zero-order valence-corrected chi connectivity index (χ0v) is 17.0. The zero-order chi connectivity index (χ0) is 19.5. The fourth-order valence-corrected chi connectivity index (χ4v) is 4.83. The molecule has 0 bridgehead atoms. The van der Waals surface area contributed by atoms with E-state index < -0.39 is 21.6 Å². The number of carboxylic acid groups (broad SMARTS) is 1. The Labute approximate surface area is 158 Å². The van der Waals surface area contributed by atoms with Crippen LogP contribution in [0.15, 0.2) is 24.3 Å². The van der Waals surface area contributed by atoms with Crippen molar-refractivity contribution in [2.75, 3.05) is 25.1 Å². The van der Waals surface area contributed by atoms with Crippen LogP contribution in [0.4, 0.5) is 0 Å². The summed E-state index contributed by atoms with van der Waals surface area (Å²) < 4.78 is 23.5. The minimum absolute atomic E-state index is 0.00766. The predicted octanol–water partition coefficient (Wildman–Crippen LogP) is 2.92. The Bertz CT molecular complexity index is 873. The third-order valence-corrected chi connectivity index (χ3v) is 7.14. The third-order valence-electron chi connectivity index (χ3n) is 4.27. The van der Waals surface area contributed by atoms with Crippen molar-refractivity contribution >= 4 is 27.1 Å². The Hall–Kier alpha value is -1.77. The molecule has 1 unspecified atom stereocenters. The molecular weight excluding hydrogens is 372 g/mol. The highest BCUT2D eigenvalue weighted by Gasteiger charge is 2.22. The van der Waals surface area contributed by atoms with Gasteiger partial charge in [0.2, 0.25) is 0 Å². The Balaban J connectivity index is 2.10. The lowest BCUT2D eigenvalue weighted by molar-refractivity contribution is -0.134. The maximum absolute atomic E-state index is 11.8. The summed E-state index contributed by atoms with van der Waals surface area (Å²) in [5.74, 6) is -2.32. The molecule has 1 aromatic heterocycles. The number of hydrogen-bond donors (Lipinski definition) is 1. The molecule has 6 nitrogen and oxygen atoms in total. The van der Waals surface area contributed by atoms with Crippen LogP contribution in [-0.4, -0.2) is 54.5 Å². The second-order valence-electron chi connectivity index (χ2n) is 6.48. The van der Waals surface area contributed by atoms with E-state index in [0.29, 0.717) is 0 Å². The van der Waals surface area contributed by atoms with E-state index in [1.807, 2.05) is 44.9 Å². The van der Waals surface area contributed by atoms with Gasteiger partial charge in [-0.2, -0.15) is 0 Å². The van der Waals surface area contributed by atoms with E-state index >= 15 is 0 Å².